The van der Waals surface area contributed by atoms with Crippen molar-refractivity contribution in [2.45, 2.75) is 38.8 Å². The average molecular weight is 262 g/mol. The van der Waals surface area contributed by atoms with E-state index >= 15 is 0 Å². The number of anilines is 1. The zero-order valence-electron chi connectivity index (χ0n) is 11.8. The van der Waals surface area contributed by atoms with Crippen molar-refractivity contribution in [3.8, 4) is 0 Å². The molecule has 1 atom stereocenters. The molecule has 1 aliphatic heterocycles. The van der Waals surface area contributed by atoms with E-state index in [2.05, 4.69) is 30.1 Å². The molecule has 2 rings (SSSR count). The molecule has 4 heteroatoms. The largest absolute Gasteiger partial charge is 0.396 e. The molecule has 0 aliphatic carbocycles. The molecule has 4 nitrogen and oxygen atoms in total. The third kappa shape index (κ3) is 2.73. The summed E-state index contributed by atoms with van der Waals surface area (Å²) in [6.07, 6.45) is 0.448. The van der Waals surface area contributed by atoms with Gasteiger partial charge in [0, 0.05) is 18.8 Å². The summed E-state index contributed by atoms with van der Waals surface area (Å²) in [5, 5.41) is 12.1. The Hall–Kier alpha value is -1.55. The number of aryl methyl sites for hydroxylation is 1. The summed E-state index contributed by atoms with van der Waals surface area (Å²) in [5.74, 6) is -0.00474. The molecule has 0 saturated carbocycles. The molecule has 0 radical (unpaired) electrons. The molecule has 1 unspecified atom stereocenters. The molecule has 1 aromatic rings. The number of benzene rings is 1. The lowest BCUT2D eigenvalue weighted by Crippen LogP contribution is -2.66. The molecule has 0 spiro atoms. The Labute approximate surface area is 114 Å². The molecular weight excluding hydrogens is 240 g/mol. The molecule has 1 aromatic carbocycles. The summed E-state index contributed by atoms with van der Waals surface area (Å²) in [6, 6.07) is 7.85. The van der Waals surface area contributed by atoms with E-state index in [1.165, 1.54) is 5.56 Å². The number of amides is 1. The van der Waals surface area contributed by atoms with E-state index in [1.807, 2.05) is 25.1 Å². The van der Waals surface area contributed by atoms with E-state index in [-0.39, 0.29) is 24.1 Å². The molecule has 1 amide bonds. The minimum absolute atomic E-state index is 0.00474. The van der Waals surface area contributed by atoms with Crippen LogP contribution in [0.5, 0.6) is 0 Å². The maximum Gasteiger partial charge on any atom is 0.242 e. The second-order valence-corrected chi connectivity index (χ2v) is 5.77. The van der Waals surface area contributed by atoms with Crippen LogP contribution in [0.4, 0.5) is 5.69 Å². The third-order valence-corrected chi connectivity index (χ3v) is 3.64. The van der Waals surface area contributed by atoms with Gasteiger partial charge in [-0.2, -0.15) is 0 Å². The highest BCUT2D eigenvalue weighted by molar-refractivity contribution is 5.87. The summed E-state index contributed by atoms with van der Waals surface area (Å²) < 4.78 is 0. The van der Waals surface area contributed by atoms with Gasteiger partial charge in [0.15, 0.2) is 0 Å². The fraction of sp³-hybridized carbons (Fsp3) is 0.533. The van der Waals surface area contributed by atoms with Gasteiger partial charge in [0.05, 0.1) is 5.54 Å². The maximum absolute atomic E-state index is 12.1. The average Bonchev–Trinajstić information content (AvgIpc) is 2.34. The highest BCUT2D eigenvalue weighted by Crippen LogP contribution is 2.30. The second-order valence-electron chi connectivity index (χ2n) is 5.77. The van der Waals surface area contributed by atoms with Crippen molar-refractivity contribution in [2.75, 3.05) is 18.1 Å². The van der Waals surface area contributed by atoms with Gasteiger partial charge in [0.2, 0.25) is 5.91 Å². The summed E-state index contributed by atoms with van der Waals surface area (Å²) in [6.45, 7) is 6.89. The predicted molar refractivity (Wildman–Crippen MR) is 76.2 cm³/mol. The molecule has 0 bridgehead atoms. The lowest BCUT2D eigenvalue weighted by Gasteiger charge is -2.48. The van der Waals surface area contributed by atoms with Crippen molar-refractivity contribution in [3.63, 3.8) is 0 Å². The number of aliphatic hydroxyl groups is 1. The Morgan fingerprint density at radius 1 is 1.47 bits per heavy atom. The number of aliphatic hydroxyl groups excluding tert-OH is 1. The van der Waals surface area contributed by atoms with Gasteiger partial charge in [-0.1, -0.05) is 12.1 Å². The number of piperazine rings is 1. The molecule has 1 saturated heterocycles. The van der Waals surface area contributed by atoms with Gasteiger partial charge in [0.1, 0.15) is 6.04 Å². The minimum Gasteiger partial charge on any atom is -0.396 e. The summed E-state index contributed by atoms with van der Waals surface area (Å²) >= 11 is 0. The van der Waals surface area contributed by atoms with Crippen LogP contribution in [-0.4, -0.2) is 35.7 Å². The van der Waals surface area contributed by atoms with Crippen molar-refractivity contribution in [3.05, 3.63) is 29.8 Å². The normalized spacial score (nSPS) is 22.2. The van der Waals surface area contributed by atoms with Gasteiger partial charge in [-0.3, -0.25) is 4.79 Å². The Balaban J connectivity index is 2.42. The van der Waals surface area contributed by atoms with Crippen molar-refractivity contribution in [1.29, 1.82) is 0 Å². The fourth-order valence-electron chi connectivity index (χ4n) is 2.74. The van der Waals surface area contributed by atoms with Crippen LogP contribution in [0.1, 0.15) is 25.8 Å². The van der Waals surface area contributed by atoms with Crippen molar-refractivity contribution >= 4 is 11.6 Å². The van der Waals surface area contributed by atoms with Gasteiger partial charge in [-0.05, 0) is 44.9 Å². The van der Waals surface area contributed by atoms with Gasteiger partial charge < -0.3 is 15.3 Å². The number of hydrogen-bond acceptors (Lipinski definition) is 3. The first-order valence-electron chi connectivity index (χ1n) is 6.70. The molecule has 2 N–H and O–H groups in total. The van der Waals surface area contributed by atoms with E-state index in [0.717, 1.165) is 5.69 Å². The summed E-state index contributed by atoms with van der Waals surface area (Å²) in [4.78, 5) is 14.2. The Morgan fingerprint density at radius 3 is 2.84 bits per heavy atom. The zero-order chi connectivity index (χ0) is 14.0. The SMILES string of the molecule is Cc1cccc(N2C(CCO)C(=O)NCC2(C)C)c1. The van der Waals surface area contributed by atoms with E-state index in [1.54, 1.807) is 0 Å². The standard InChI is InChI=1S/C15H22N2O2/c1-11-5-4-6-12(9-11)17-13(7-8-18)14(19)16-10-15(17,2)3/h4-6,9,13,18H,7-8,10H2,1-3H3,(H,16,19). The van der Waals surface area contributed by atoms with Gasteiger partial charge in [-0.25, -0.2) is 0 Å². The number of nitrogens with zero attached hydrogens (tertiary/aromatic N) is 1. The van der Waals surface area contributed by atoms with Crippen LogP contribution in [-0.2, 0) is 4.79 Å². The molecule has 1 aliphatic rings. The quantitative estimate of drug-likeness (QED) is 0.867. The van der Waals surface area contributed by atoms with E-state index in [0.29, 0.717) is 13.0 Å². The van der Waals surface area contributed by atoms with Gasteiger partial charge in [0.25, 0.3) is 0 Å². The van der Waals surface area contributed by atoms with Crippen LogP contribution in [0, 0.1) is 6.92 Å². The number of rotatable bonds is 3. The van der Waals surface area contributed by atoms with Crippen LogP contribution in [0.2, 0.25) is 0 Å². The molecule has 104 valence electrons. The maximum atomic E-state index is 12.1. The van der Waals surface area contributed by atoms with Crippen LogP contribution in [0.25, 0.3) is 0 Å². The van der Waals surface area contributed by atoms with Gasteiger partial charge in [-0.15, -0.1) is 0 Å². The first-order chi connectivity index (χ1) is 8.95. The van der Waals surface area contributed by atoms with Crippen LogP contribution >= 0.6 is 0 Å². The number of carbonyl (C=O) groups is 1. The Kier molecular flexibility index (Phi) is 3.80. The smallest absolute Gasteiger partial charge is 0.242 e. The zero-order valence-corrected chi connectivity index (χ0v) is 11.8. The molecule has 0 aromatic heterocycles. The topological polar surface area (TPSA) is 52.6 Å². The monoisotopic (exact) mass is 262 g/mol. The second kappa shape index (κ2) is 5.21. The molecular formula is C15H22N2O2. The fourth-order valence-corrected chi connectivity index (χ4v) is 2.74. The first-order valence-corrected chi connectivity index (χ1v) is 6.70. The molecule has 19 heavy (non-hydrogen) atoms. The summed E-state index contributed by atoms with van der Waals surface area (Å²) in [5.41, 5.74) is 2.04. The van der Waals surface area contributed by atoms with Crippen LogP contribution in [0.15, 0.2) is 24.3 Å². The predicted octanol–water partition coefficient (Wildman–Crippen LogP) is 1.46. The van der Waals surface area contributed by atoms with E-state index in [9.17, 15) is 9.90 Å². The van der Waals surface area contributed by atoms with Crippen molar-refractivity contribution in [1.82, 2.24) is 5.32 Å². The van der Waals surface area contributed by atoms with E-state index in [4.69, 9.17) is 0 Å². The van der Waals surface area contributed by atoms with Crippen molar-refractivity contribution in [2.24, 2.45) is 0 Å². The van der Waals surface area contributed by atoms with Crippen molar-refractivity contribution < 1.29 is 9.90 Å². The Bertz CT molecular complexity index is 471. The van der Waals surface area contributed by atoms with E-state index < -0.39 is 0 Å². The summed E-state index contributed by atoms with van der Waals surface area (Å²) in [7, 11) is 0. The lowest BCUT2D eigenvalue weighted by atomic mass is 9.93. The Morgan fingerprint density at radius 2 is 2.21 bits per heavy atom. The lowest BCUT2D eigenvalue weighted by molar-refractivity contribution is -0.124. The number of hydrogen-bond donors (Lipinski definition) is 2. The minimum atomic E-state index is -0.310. The molecule has 1 fully saturated rings. The highest BCUT2D eigenvalue weighted by atomic mass is 16.3. The number of carbonyl (C=O) groups excluding carboxylic acids is 1. The third-order valence-electron chi connectivity index (χ3n) is 3.64. The highest BCUT2D eigenvalue weighted by Gasteiger charge is 2.40. The van der Waals surface area contributed by atoms with Crippen LogP contribution < -0.4 is 10.2 Å². The number of nitrogens with one attached hydrogen (secondary N) is 1. The first kappa shape index (κ1) is 13.9. The van der Waals surface area contributed by atoms with Gasteiger partial charge >= 0.3 is 0 Å². The van der Waals surface area contributed by atoms with Crippen LogP contribution in [0.3, 0.4) is 0 Å². The molecule has 1 heterocycles.